The minimum absolute atomic E-state index is 0.247. The Morgan fingerprint density at radius 3 is 1.85 bits per heavy atom. The molecule has 0 bridgehead atoms. The van der Waals surface area contributed by atoms with Crippen LogP contribution in [0.25, 0.3) is 0 Å². The maximum atomic E-state index is 13.6. The predicted molar refractivity (Wildman–Crippen MR) is 60.7 cm³/mol. The summed E-state index contributed by atoms with van der Waals surface area (Å²) in [5.41, 5.74) is -1.67. The third kappa shape index (κ3) is 2.54. The van der Waals surface area contributed by atoms with E-state index in [1.54, 1.807) is 0 Å². The lowest BCUT2D eigenvalue weighted by Crippen LogP contribution is -2.02. The van der Waals surface area contributed by atoms with Gasteiger partial charge in [-0.3, -0.25) is 0 Å². The van der Waals surface area contributed by atoms with Gasteiger partial charge in [0, 0.05) is 12.1 Å². The van der Waals surface area contributed by atoms with Gasteiger partial charge in [0.05, 0.1) is 17.3 Å². The van der Waals surface area contributed by atoms with Crippen molar-refractivity contribution in [2.24, 2.45) is 0 Å². The number of hydrogen-bond donors (Lipinski definition) is 1. The van der Waals surface area contributed by atoms with Crippen LogP contribution in [0.2, 0.25) is 0 Å². The average Bonchev–Trinajstić information content (AvgIpc) is 2.39. The summed E-state index contributed by atoms with van der Waals surface area (Å²) in [5.74, 6) is -6.33. The lowest BCUT2D eigenvalue weighted by molar-refractivity contribution is 0.496. The minimum atomic E-state index is -1.42. The van der Waals surface area contributed by atoms with Gasteiger partial charge in [0.2, 0.25) is 0 Å². The molecule has 0 saturated carbocycles. The molecule has 0 heterocycles. The molecule has 0 aliphatic rings. The van der Waals surface area contributed by atoms with E-state index in [4.69, 9.17) is 5.26 Å². The zero-order valence-corrected chi connectivity index (χ0v) is 9.65. The molecule has 0 atom stereocenters. The number of hydrogen-bond acceptors (Lipinski definition) is 2. The van der Waals surface area contributed by atoms with Gasteiger partial charge in [-0.2, -0.15) is 5.26 Å². The maximum Gasteiger partial charge on any atom is 0.161 e. The van der Waals surface area contributed by atoms with E-state index in [2.05, 4.69) is 0 Å². The number of nitrogens with zero attached hydrogens (tertiary/aromatic N) is 1. The van der Waals surface area contributed by atoms with Crippen molar-refractivity contribution in [3.05, 3.63) is 58.9 Å². The second kappa shape index (κ2) is 5.17. The summed E-state index contributed by atoms with van der Waals surface area (Å²) in [6, 6.07) is 3.67. The van der Waals surface area contributed by atoms with Crippen LogP contribution in [0.1, 0.15) is 5.56 Å². The van der Waals surface area contributed by atoms with Crippen LogP contribution in [0.5, 0.6) is 0 Å². The van der Waals surface area contributed by atoms with Crippen molar-refractivity contribution in [3.8, 4) is 6.07 Å². The fourth-order valence-corrected chi connectivity index (χ4v) is 1.51. The molecule has 2 aromatic rings. The van der Waals surface area contributed by atoms with Crippen LogP contribution in [0, 0.1) is 40.4 Å². The van der Waals surface area contributed by atoms with E-state index < -0.39 is 40.5 Å². The summed E-state index contributed by atoms with van der Waals surface area (Å²) in [5, 5.41) is 10.5. The van der Waals surface area contributed by atoms with Crippen LogP contribution in [0.15, 0.2) is 24.3 Å². The van der Waals surface area contributed by atoms with Gasteiger partial charge >= 0.3 is 0 Å². The van der Waals surface area contributed by atoms with E-state index >= 15 is 0 Å². The van der Waals surface area contributed by atoms with Crippen molar-refractivity contribution in [2.75, 3.05) is 5.32 Å². The van der Waals surface area contributed by atoms with Crippen molar-refractivity contribution < 1.29 is 22.0 Å². The molecule has 2 rings (SSSR count). The summed E-state index contributed by atoms with van der Waals surface area (Å²) >= 11 is 0. The van der Waals surface area contributed by atoms with Gasteiger partial charge in [0.1, 0.15) is 11.5 Å². The van der Waals surface area contributed by atoms with Crippen molar-refractivity contribution in [1.82, 2.24) is 0 Å². The molecule has 0 aliphatic carbocycles. The van der Waals surface area contributed by atoms with Gasteiger partial charge in [0.25, 0.3) is 0 Å². The molecule has 0 spiro atoms. The third-order valence-corrected chi connectivity index (χ3v) is 2.44. The molecule has 0 fully saturated rings. The van der Waals surface area contributed by atoms with Crippen LogP contribution in [-0.2, 0) is 0 Å². The standard InChI is InChI=1S/C13H5F5N2/c14-7-3-9(16)12(4-8(7)15)20-13-10(17)1-6(5-19)2-11(13)18/h1-4,20H. The summed E-state index contributed by atoms with van der Waals surface area (Å²) < 4.78 is 66.2. The van der Waals surface area contributed by atoms with E-state index in [0.717, 1.165) is 12.1 Å². The van der Waals surface area contributed by atoms with E-state index in [9.17, 15) is 22.0 Å². The summed E-state index contributed by atoms with van der Waals surface area (Å²) in [6.45, 7) is 0. The lowest BCUT2D eigenvalue weighted by Gasteiger charge is -2.10. The highest BCUT2D eigenvalue weighted by Crippen LogP contribution is 2.27. The number of nitriles is 1. The minimum Gasteiger partial charge on any atom is -0.348 e. The Bertz CT molecular complexity index is 698. The van der Waals surface area contributed by atoms with Gasteiger partial charge in [0.15, 0.2) is 23.3 Å². The zero-order valence-electron chi connectivity index (χ0n) is 9.65. The largest absolute Gasteiger partial charge is 0.348 e. The fourth-order valence-electron chi connectivity index (χ4n) is 1.51. The van der Waals surface area contributed by atoms with Crippen molar-refractivity contribution in [3.63, 3.8) is 0 Å². The first kappa shape index (κ1) is 13.8. The summed E-state index contributed by atoms with van der Waals surface area (Å²) in [7, 11) is 0. The Kier molecular flexibility index (Phi) is 3.57. The normalized spacial score (nSPS) is 10.2. The van der Waals surface area contributed by atoms with Gasteiger partial charge in [-0.1, -0.05) is 0 Å². The molecule has 2 aromatic carbocycles. The second-order valence-corrected chi connectivity index (χ2v) is 3.80. The Balaban J connectivity index is 2.46. The summed E-state index contributed by atoms with van der Waals surface area (Å²) in [4.78, 5) is 0. The van der Waals surface area contributed by atoms with Gasteiger partial charge in [-0.15, -0.1) is 0 Å². The van der Waals surface area contributed by atoms with E-state index in [-0.39, 0.29) is 11.6 Å². The molecule has 2 nitrogen and oxygen atoms in total. The highest BCUT2D eigenvalue weighted by atomic mass is 19.2. The van der Waals surface area contributed by atoms with Crippen molar-refractivity contribution in [2.45, 2.75) is 0 Å². The average molecular weight is 284 g/mol. The molecule has 7 heteroatoms. The van der Waals surface area contributed by atoms with Gasteiger partial charge < -0.3 is 5.32 Å². The fraction of sp³-hybridized carbons (Fsp3) is 0. The molecular weight excluding hydrogens is 279 g/mol. The Morgan fingerprint density at radius 2 is 1.30 bits per heavy atom. The Labute approximate surface area is 110 Å². The SMILES string of the molecule is N#Cc1cc(F)c(Nc2cc(F)c(F)cc2F)c(F)c1. The number of anilines is 2. The molecule has 1 N–H and O–H groups in total. The molecule has 0 radical (unpaired) electrons. The van der Waals surface area contributed by atoms with Gasteiger partial charge in [-0.05, 0) is 12.1 Å². The Morgan fingerprint density at radius 1 is 0.750 bits per heavy atom. The van der Waals surface area contributed by atoms with Crippen LogP contribution >= 0.6 is 0 Å². The van der Waals surface area contributed by atoms with Crippen LogP contribution in [-0.4, -0.2) is 0 Å². The topological polar surface area (TPSA) is 35.8 Å². The number of halogens is 5. The highest BCUT2D eigenvalue weighted by molar-refractivity contribution is 5.62. The summed E-state index contributed by atoms with van der Waals surface area (Å²) in [6.07, 6.45) is 0. The number of rotatable bonds is 2. The first-order valence-electron chi connectivity index (χ1n) is 5.23. The number of benzene rings is 2. The molecule has 0 amide bonds. The maximum absolute atomic E-state index is 13.6. The third-order valence-electron chi connectivity index (χ3n) is 2.44. The smallest absolute Gasteiger partial charge is 0.161 e. The van der Waals surface area contributed by atoms with E-state index in [1.165, 1.54) is 6.07 Å². The first-order valence-corrected chi connectivity index (χ1v) is 5.23. The lowest BCUT2D eigenvalue weighted by atomic mass is 10.2. The molecule has 102 valence electrons. The zero-order chi connectivity index (χ0) is 14.9. The highest BCUT2D eigenvalue weighted by Gasteiger charge is 2.15. The van der Waals surface area contributed by atoms with Crippen LogP contribution in [0.4, 0.5) is 33.3 Å². The van der Waals surface area contributed by atoms with Gasteiger partial charge in [-0.25, -0.2) is 22.0 Å². The molecule has 0 saturated heterocycles. The molecule has 0 aromatic heterocycles. The second-order valence-electron chi connectivity index (χ2n) is 3.80. The van der Waals surface area contributed by atoms with Crippen molar-refractivity contribution >= 4 is 11.4 Å². The molecule has 0 unspecified atom stereocenters. The molecule has 0 aliphatic heterocycles. The van der Waals surface area contributed by atoms with Crippen LogP contribution < -0.4 is 5.32 Å². The molecule has 20 heavy (non-hydrogen) atoms. The number of nitrogens with one attached hydrogen (secondary N) is 1. The van der Waals surface area contributed by atoms with Crippen molar-refractivity contribution in [1.29, 1.82) is 5.26 Å². The first-order chi connectivity index (χ1) is 9.42. The quantitative estimate of drug-likeness (QED) is 0.668. The Hall–Kier alpha value is -2.62. The van der Waals surface area contributed by atoms with E-state index in [1.807, 2.05) is 5.32 Å². The van der Waals surface area contributed by atoms with Crippen LogP contribution in [0.3, 0.4) is 0 Å². The van der Waals surface area contributed by atoms with E-state index in [0.29, 0.717) is 6.07 Å². The molecular formula is C13H5F5N2. The predicted octanol–water partition coefficient (Wildman–Crippen LogP) is 4.00. The monoisotopic (exact) mass is 284 g/mol.